The number of fused-ring (bicyclic) bond motifs is 1. The number of hydrogen-bond donors (Lipinski definition) is 1. The number of para-hydroxylation sites is 1. The molecule has 6 nitrogen and oxygen atoms in total. The molecule has 0 aliphatic heterocycles. The van der Waals surface area contributed by atoms with Crippen LogP contribution in [0.5, 0.6) is 0 Å². The first kappa shape index (κ1) is 16.3. The summed E-state index contributed by atoms with van der Waals surface area (Å²) < 4.78 is 0.738. The van der Waals surface area contributed by atoms with Gasteiger partial charge in [0.2, 0.25) is 0 Å². The van der Waals surface area contributed by atoms with Gasteiger partial charge >= 0.3 is 0 Å². The summed E-state index contributed by atoms with van der Waals surface area (Å²) in [5.41, 5.74) is 0.890. The number of H-pyrrole nitrogens is 1. The summed E-state index contributed by atoms with van der Waals surface area (Å²) in [6.07, 6.45) is 3.14. The molecule has 1 aromatic carbocycles. The van der Waals surface area contributed by atoms with Gasteiger partial charge in [0.1, 0.15) is 5.82 Å². The molecule has 1 N–H and O–H groups in total. The first-order valence-electron chi connectivity index (χ1n) is 7.46. The number of nitrogens with one attached hydrogen (secondary N) is 1. The molecular formula is C17H15BrN4O2. The average molecular weight is 387 g/mol. The van der Waals surface area contributed by atoms with Gasteiger partial charge in [-0.1, -0.05) is 12.1 Å². The summed E-state index contributed by atoms with van der Waals surface area (Å²) in [7, 11) is 0. The highest BCUT2D eigenvalue weighted by Gasteiger charge is 2.16. The van der Waals surface area contributed by atoms with E-state index in [9.17, 15) is 9.59 Å². The van der Waals surface area contributed by atoms with E-state index < -0.39 is 0 Å². The third-order valence-electron chi connectivity index (χ3n) is 3.62. The zero-order valence-corrected chi connectivity index (χ0v) is 14.6. The van der Waals surface area contributed by atoms with Gasteiger partial charge in [0.05, 0.1) is 23.0 Å². The Hall–Kier alpha value is -2.54. The number of aromatic nitrogens is 3. The lowest BCUT2D eigenvalue weighted by Crippen LogP contribution is -2.32. The summed E-state index contributed by atoms with van der Waals surface area (Å²) in [4.78, 5) is 37.6. The molecule has 24 heavy (non-hydrogen) atoms. The van der Waals surface area contributed by atoms with Crippen LogP contribution in [-0.4, -0.2) is 32.3 Å². The molecule has 0 aliphatic carbocycles. The van der Waals surface area contributed by atoms with Crippen LogP contribution in [0.25, 0.3) is 10.9 Å². The number of carbonyl (C=O) groups excluding carboxylic acids is 1. The minimum Gasteiger partial charge on any atom is -0.331 e. The zero-order valence-electron chi connectivity index (χ0n) is 13.0. The number of pyridine rings is 1. The maximum absolute atomic E-state index is 12.6. The zero-order chi connectivity index (χ0) is 17.1. The largest absolute Gasteiger partial charge is 0.331 e. The van der Waals surface area contributed by atoms with Crippen molar-refractivity contribution in [3.05, 3.63) is 68.9 Å². The van der Waals surface area contributed by atoms with Crippen LogP contribution in [0.15, 0.2) is 52.0 Å². The molecule has 0 bridgehead atoms. The number of amides is 1. The Kier molecular flexibility index (Phi) is 4.71. The summed E-state index contributed by atoms with van der Waals surface area (Å²) in [6, 6.07) is 8.84. The molecule has 0 unspecified atom stereocenters. The van der Waals surface area contributed by atoms with E-state index in [0.29, 0.717) is 28.8 Å². The molecule has 7 heteroatoms. The molecule has 1 amide bonds. The lowest BCUT2D eigenvalue weighted by Gasteiger charge is -2.20. The fourth-order valence-electron chi connectivity index (χ4n) is 2.43. The number of hydrogen-bond acceptors (Lipinski definition) is 4. The van der Waals surface area contributed by atoms with Crippen molar-refractivity contribution in [3.63, 3.8) is 0 Å². The fourth-order valence-corrected chi connectivity index (χ4v) is 2.79. The molecule has 0 fully saturated rings. The summed E-state index contributed by atoms with van der Waals surface area (Å²) in [5, 5.41) is 0.534. The number of rotatable bonds is 4. The Labute approximate surface area is 146 Å². The van der Waals surface area contributed by atoms with Gasteiger partial charge in [-0.15, -0.1) is 0 Å². The third-order valence-corrected chi connectivity index (χ3v) is 4.06. The molecule has 3 aromatic rings. The van der Waals surface area contributed by atoms with Crippen LogP contribution in [0.1, 0.15) is 23.1 Å². The second kappa shape index (κ2) is 6.92. The van der Waals surface area contributed by atoms with Crippen LogP contribution in [-0.2, 0) is 6.54 Å². The smallest absolute Gasteiger partial charge is 0.258 e. The first-order chi connectivity index (χ1) is 11.6. The van der Waals surface area contributed by atoms with Crippen molar-refractivity contribution in [2.24, 2.45) is 0 Å². The average Bonchev–Trinajstić information content (AvgIpc) is 2.59. The van der Waals surface area contributed by atoms with Crippen molar-refractivity contribution >= 4 is 32.7 Å². The van der Waals surface area contributed by atoms with Crippen molar-refractivity contribution in [2.75, 3.05) is 6.54 Å². The van der Waals surface area contributed by atoms with Gasteiger partial charge in [-0.25, -0.2) is 4.98 Å². The summed E-state index contributed by atoms with van der Waals surface area (Å²) in [5.74, 6) is 0.291. The van der Waals surface area contributed by atoms with Crippen molar-refractivity contribution in [1.82, 2.24) is 19.9 Å². The normalized spacial score (nSPS) is 10.8. The molecule has 2 aromatic heterocycles. The first-order valence-corrected chi connectivity index (χ1v) is 8.25. The summed E-state index contributed by atoms with van der Waals surface area (Å²) >= 11 is 3.31. The molecule has 2 heterocycles. The van der Waals surface area contributed by atoms with E-state index in [1.165, 1.54) is 6.20 Å². The van der Waals surface area contributed by atoms with Gasteiger partial charge < -0.3 is 9.88 Å². The maximum Gasteiger partial charge on any atom is 0.258 e. The SMILES string of the molecule is CCN(Cc1nc2ccccc2c(=O)[nH]1)C(=O)c1cncc(Br)c1. The Morgan fingerprint density at radius 2 is 2.08 bits per heavy atom. The third kappa shape index (κ3) is 3.35. The summed E-state index contributed by atoms with van der Waals surface area (Å²) in [6.45, 7) is 2.59. The highest BCUT2D eigenvalue weighted by Crippen LogP contribution is 2.13. The Balaban J connectivity index is 1.90. The minimum absolute atomic E-state index is 0.165. The van der Waals surface area contributed by atoms with Crippen LogP contribution in [0.4, 0.5) is 0 Å². The Bertz CT molecular complexity index is 954. The van der Waals surface area contributed by atoms with E-state index in [1.807, 2.05) is 13.0 Å². The van der Waals surface area contributed by atoms with Crippen molar-refractivity contribution in [3.8, 4) is 0 Å². The van der Waals surface area contributed by atoms with E-state index in [1.54, 1.807) is 35.4 Å². The van der Waals surface area contributed by atoms with Crippen LogP contribution < -0.4 is 5.56 Å². The van der Waals surface area contributed by atoms with Crippen LogP contribution in [0.2, 0.25) is 0 Å². The number of aromatic amines is 1. The second-order valence-corrected chi connectivity index (χ2v) is 6.16. The monoisotopic (exact) mass is 386 g/mol. The second-order valence-electron chi connectivity index (χ2n) is 5.24. The predicted molar refractivity (Wildman–Crippen MR) is 94.7 cm³/mol. The van der Waals surface area contributed by atoms with Gasteiger partial charge in [0.15, 0.2) is 0 Å². The highest BCUT2D eigenvalue weighted by atomic mass is 79.9. The number of nitrogens with zero attached hydrogens (tertiary/aromatic N) is 3. The molecule has 3 rings (SSSR count). The predicted octanol–water partition coefficient (Wildman–Crippen LogP) is 2.74. The molecule has 0 atom stereocenters. The molecule has 0 radical (unpaired) electrons. The standard InChI is InChI=1S/C17H15BrN4O2/c1-2-22(17(24)11-7-12(18)9-19-8-11)10-15-20-14-6-4-3-5-13(14)16(23)21-15/h3-9H,2,10H2,1H3,(H,20,21,23). The van der Waals surface area contributed by atoms with Crippen LogP contribution in [0, 0.1) is 0 Å². The number of benzene rings is 1. The maximum atomic E-state index is 12.6. The molecule has 0 saturated carbocycles. The van der Waals surface area contributed by atoms with Crippen molar-refractivity contribution in [2.45, 2.75) is 13.5 Å². The Morgan fingerprint density at radius 1 is 1.29 bits per heavy atom. The van der Waals surface area contributed by atoms with Crippen LogP contribution >= 0.6 is 15.9 Å². The van der Waals surface area contributed by atoms with E-state index in [0.717, 1.165) is 4.47 Å². The van der Waals surface area contributed by atoms with E-state index in [-0.39, 0.29) is 18.0 Å². The molecule has 0 aliphatic rings. The number of halogens is 1. The molecular weight excluding hydrogens is 372 g/mol. The minimum atomic E-state index is -0.205. The fraction of sp³-hybridized carbons (Fsp3) is 0.176. The van der Waals surface area contributed by atoms with Crippen molar-refractivity contribution < 1.29 is 4.79 Å². The quantitative estimate of drug-likeness (QED) is 0.747. The van der Waals surface area contributed by atoms with Gasteiger partial charge in [0, 0.05) is 23.4 Å². The van der Waals surface area contributed by atoms with Gasteiger partial charge in [0.25, 0.3) is 11.5 Å². The van der Waals surface area contributed by atoms with E-state index >= 15 is 0 Å². The molecule has 122 valence electrons. The lowest BCUT2D eigenvalue weighted by atomic mass is 10.2. The number of carbonyl (C=O) groups is 1. The lowest BCUT2D eigenvalue weighted by molar-refractivity contribution is 0.0748. The topological polar surface area (TPSA) is 79.0 Å². The highest BCUT2D eigenvalue weighted by molar-refractivity contribution is 9.10. The van der Waals surface area contributed by atoms with E-state index in [2.05, 4.69) is 30.9 Å². The van der Waals surface area contributed by atoms with Gasteiger partial charge in [-0.05, 0) is 41.1 Å². The van der Waals surface area contributed by atoms with Crippen LogP contribution in [0.3, 0.4) is 0 Å². The molecule has 0 saturated heterocycles. The van der Waals surface area contributed by atoms with E-state index in [4.69, 9.17) is 0 Å². The van der Waals surface area contributed by atoms with Crippen molar-refractivity contribution in [1.29, 1.82) is 0 Å². The van der Waals surface area contributed by atoms with Gasteiger partial charge in [-0.2, -0.15) is 0 Å². The Morgan fingerprint density at radius 3 is 2.83 bits per heavy atom. The molecule has 0 spiro atoms. The van der Waals surface area contributed by atoms with Gasteiger partial charge in [-0.3, -0.25) is 14.6 Å².